The van der Waals surface area contributed by atoms with E-state index < -0.39 is 17.6 Å². The number of alkyl halides is 3. The highest BCUT2D eigenvalue weighted by Crippen LogP contribution is 2.36. The number of halogens is 4. The van der Waals surface area contributed by atoms with E-state index in [0.717, 1.165) is 36.0 Å². The van der Waals surface area contributed by atoms with Crippen LogP contribution in [0.4, 0.5) is 13.2 Å². The number of carbonyl (C=O) groups excluding carboxylic acids is 1. The molecule has 1 aromatic rings. The maximum absolute atomic E-state index is 12.8. The summed E-state index contributed by atoms with van der Waals surface area (Å²) in [6.07, 6.45) is -3.38. The molecule has 0 unspecified atom stereocenters. The largest absolute Gasteiger partial charge is 0.416 e. The van der Waals surface area contributed by atoms with Gasteiger partial charge in [0, 0.05) is 5.02 Å². The summed E-state index contributed by atoms with van der Waals surface area (Å²) in [7, 11) is 0. The van der Waals surface area contributed by atoms with Crippen LogP contribution in [0.1, 0.15) is 11.1 Å². The van der Waals surface area contributed by atoms with E-state index in [9.17, 15) is 18.0 Å². The average Bonchev–Trinajstić information content (AvgIpc) is 2.55. The Bertz CT molecular complexity index is 598. The van der Waals surface area contributed by atoms with Crippen LogP contribution in [0.15, 0.2) is 23.1 Å². The Morgan fingerprint density at radius 2 is 2.05 bits per heavy atom. The van der Waals surface area contributed by atoms with Gasteiger partial charge in [-0.15, -0.1) is 0 Å². The lowest BCUT2D eigenvalue weighted by atomic mass is 10.1. The van der Waals surface area contributed by atoms with Gasteiger partial charge in [-0.05, 0) is 29.8 Å². The van der Waals surface area contributed by atoms with Gasteiger partial charge in [0.25, 0.3) is 5.91 Å². The van der Waals surface area contributed by atoms with Crippen LogP contribution in [0.25, 0.3) is 6.08 Å². The highest BCUT2D eigenvalue weighted by molar-refractivity contribution is 8.26. The number of hydrogen-bond acceptors (Lipinski definition) is 3. The van der Waals surface area contributed by atoms with Gasteiger partial charge >= 0.3 is 6.18 Å². The molecule has 1 aliphatic rings. The highest BCUT2D eigenvalue weighted by Gasteiger charge is 2.33. The van der Waals surface area contributed by atoms with Gasteiger partial charge in [-0.2, -0.15) is 13.2 Å². The van der Waals surface area contributed by atoms with Crippen LogP contribution in [-0.2, 0) is 11.0 Å². The fraction of sp³-hybridized carbons (Fsp3) is 0.0909. The Hall–Kier alpha value is -1.05. The molecule has 0 radical (unpaired) electrons. The van der Waals surface area contributed by atoms with Crippen LogP contribution in [0.5, 0.6) is 0 Å². The van der Waals surface area contributed by atoms with Crippen molar-refractivity contribution in [3.63, 3.8) is 0 Å². The summed E-state index contributed by atoms with van der Waals surface area (Å²) < 4.78 is 38.7. The lowest BCUT2D eigenvalue weighted by molar-refractivity contribution is -0.137. The van der Waals surface area contributed by atoms with Crippen molar-refractivity contribution in [1.29, 1.82) is 0 Å². The molecule has 1 heterocycles. The molecule has 1 amide bonds. The van der Waals surface area contributed by atoms with Crippen molar-refractivity contribution >= 4 is 51.9 Å². The quantitative estimate of drug-likeness (QED) is 0.629. The molecule has 0 aliphatic carbocycles. The number of amides is 1. The Labute approximate surface area is 121 Å². The van der Waals surface area contributed by atoms with Gasteiger partial charge in [0.05, 0.1) is 10.5 Å². The van der Waals surface area contributed by atoms with Gasteiger partial charge in [0.15, 0.2) is 0 Å². The molecule has 0 bridgehead atoms. The number of thioether (sulfide) groups is 1. The van der Waals surface area contributed by atoms with Crippen molar-refractivity contribution in [2.45, 2.75) is 6.18 Å². The summed E-state index contributed by atoms with van der Waals surface area (Å²) in [6, 6.07) is 3.19. The fourth-order valence-electron chi connectivity index (χ4n) is 1.47. The molecule has 19 heavy (non-hydrogen) atoms. The monoisotopic (exact) mass is 323 g/mol. The number of hydrogen-bond donors (Lipinski definition) is 1. The number of rotatable bonds is 1. The van der Waals surface area contributed by atoms with Crippen molar-refractivity contribution in [1.82, 2.24) is 5.32 Å². The molecule has 0 spiro atoms. The first kappa shape index (κ1) is 14.4. The molecule has 8 heteroatoms. The molecular weight excluding hydrogens is 319 g/mol. The summed E-state index contributed by atoms with van der Waals surface area (Å²) in [5.41, 5.74) is -1.02. The number of thiocarbonyl (C=S) groups is 1. The SMILES string of the molecule is O=C1NC(=S)S/C1=C\c1cc(Cl)ccc1C(F)(F)F. The standard InChI is InChI=1S/C11H5ClF3NOS2/c12-6-1-2-7(11(13,14)15)5(3-6)4-8-9(17)16-10(18)19-8/h1-4H,(H,16,17,18)/b8-4-. The lowest BCUT2D eigenvalue weighted by Gasteiger charge is -2.10. The van der Waals surface area contributed by atoms with E-state index in [1.54, 1.807) is 0 Å². The van der Waals surface area contributed by atoms with Crippen molar-refractivity contribution in [3.8, 4) is 0 Å². The Morgan fingerprint density at radius 3 is 2.58 bits per heavy atom. The minimum Gasteiger partial charge on any atom is -0.307 e. The zero-order valence-electron chi connectivity index (χ0n) is 9.05. The van der Waals surface area contributed by atoms with E-state index in [1.165, 1.54) is 0 Å². The van der Waals surface area contributed by atoms with Crippen LogP contribution in [0.2, 0.25) is 5.02 Å². The fourth-order valence-corrected chi connectivity index (χ4v) is 2.69. The number of carbonyl (C=O) groups is 1. The molecule has 0 aromatic heterocycles. The van der Waals surface area contributed by atoms with Crippen LogP contribution < -0.4 is 5.32 Å². The van der Waals surface area contributed by atoms with Gasteiger partial charge < -0.3 is 5.32 Å². The molecular formula is C11H5ClF3NOS2. The van der Waals surface area contributed by atoms with Gasteiger partial charge in [-0.1, -0.05) is 35.6 Å². The zero-order valence-corrected chi connectivity index (χ0v) is 11.4. The second kappa shape index (κ2) is 5.15. The minimum absolute atomic E-state index is 0.109. The maximum atomic E-state index is 12.8. The number of benzene rings is 1. The number of nitrogens with one attached hydrogen (secondary N) is 1. The van der Waals surface area contributed by atoms with Crippen molar-refractivity contribution < 1.29 is 18.0 Å². The Balaban J connectivity index is 2.50. The predicted octanol–water partition coefficient (Wildman–Crippen LogP) is 3.85. The molecule has 100 valence electrons. The van der Waals surface area contributed by atoms with Crippen LogP contribution >= 0.6 is 35.6 Å². The summed E-state index contributed by atoms with van der Waals surface area (Å²) in [4.78, 5) is 11.5. The first-order chi connectivity index (χ1) is 8.77. The van der Waals surface area contributed by atoms with E-state index in [2.05, 4.69) is 5.32 Å². The van der Waals surface area contributed by atoms with Gasteiger partial charge in [0.1, 0.15) is 4.32 Å². The van der Waals surface area contributed by atoms with Crippen LogP contribution in [0.3, 0.4) is 0 Å². The molecule has 0 saturated carbocycles. The van der Waals surface area contributed by atoms with Crippen LogP contribution in [-0.4, -0.2) is 10.2 Å². The first-order valence-corrected chi connectivity index (χ1v) is 6.49. The molecule has 2 rings (SSSR count). The third-order valence-electron chi connectivity index (χ3n) is 2.25. The van der Waals surface area contributed by atoms with Crippen molar-refractivity contribution in [2.75, 3.05) is 0 Å². The van der Waals surface area contributed by atoms with Crippen LogP contribution in [0, 0.1) is 0 Å². The van der Waals surface area contributed by atoms with Crippen molar-refractivity contribution in [3.05, 3.63) is 39.3 Å². The summed E-state index contributed by atoms with van der Waals surface area (Å²) in [6.45, 7) is 0. The first-order valence-electron chi connectivity index (χ1n) is 4.89. The molecule has 1 aliphatic heterocycles. The summed E-state index contributed by atoms with van der Waals surface area (Å²) in [5.74, 6) is -0.511. The average molecular weight is 324 g/mol. The van der Waals surface area contributed by atoms with Gasteiger partial charge in [-0.3, -0.25) is 4.79 Å². The summed E-state index contributed by atoms with van der Waals surface area (Å²) >= 11 is 11.4. The molecule has 1 fully saturated rings. The second-order valence-electron chi connectivity index (χ2n) is 3.58. The molecule has 1 saturated heterocycles. The zero-order chi connectivity index (χ0) is 14.2. The molecule has 2 nitrogen and oxygen atoms in total. The van der Waals surface area contributed by atoms with Gasteiger partial charge in [0.2, 0.25) is 0 Å². The van der Waals surface area contributed by atoms with E-state index in [4.69, 9.17) is 23.8 Å². The van der Waals surface area contributed by atoms with E-state index in [0.29, 0.717) is 0 Å². The molecule has 1 N–H and O–H groups in total. The predicted molar refractivity (Wildman–Crippen MR) is 72.8 cm³/mol. The highest BCUT2D eigenvalue weighted by atomic mass is 35.5. The van der Waals surface area contributed by atoms with Crippen molar-refractivity contribution in [2.24, 2.45) is 0 Å². The minimum atomic E-state index is -4.52. The third kappa shape index (κ3) is 3.29. The smallest absolute Gasteiger partial charge is 0.307 e. The molecule has 0 atom stereocenters. The van der Waals surface area contributed by atoms with Gasteiger partial charge in [-0.25, -0.2) is 0 Å². The molecule has 1 aromatic carbocycles. The van der Waals surface area contributed by atoms with E-state index >= 15 is 0 Å². The van der Waals surface area contributed by atoms with E-state index in [-0.39, 0.29) is 19.8 Å². The second-order valence-corrected chi connectivity index (χ2v) is 5.74. The Morgan fingerprint density at radius 1 is 1.37 bits per heavy atom. The maximum Gasteiger partial charge on any atom is 0.416 e. The van der Waals surface area contributed by atoms with E-state index in [1.807, 2.05) is 0 Å². The lowest BCUT2D eigenvalue weighted by Crippen LogP contribution is -2.17. The Kier molecular flexibility index (Phi) is 3.89. The topological polar surface area (TPSA) is 29.1 Å². The normalized spacial score (nSPS) is 18.0. The summed E-state index contributed by atoms with van der Waals surface area (Å²) in [5, 5.41) is 2.49. The third-order valence-corrected chi connectivity index (χ3v) is 3.65.